The van der Waals surface area contributed by atoms with Gasteiger partial charge in [0.1, 0.15) is 11.5 Å². The molecule has 0 unspecified atom stereocenters. The Hall–Kier alpha value is -3.40. The Kier molecular flexibility index (Phi) is 6.17. The van der Waals surface area contributed by atoms with Crippen LogP contribution in [0, 0.1) is 5.82 Å². The highest BCUT2D eigenvalue weighted by atomic mass is 19.1. The van der Waals surface area contributed by atoms with Crippen molar-refractivity contribution in [1.29, 1.82) is 0 Å². The third-order valence-corrected chi connectivity index (χ3v) is 4.95. The van der Waals surface area contributed by atoms with Crippen molar-refractivity contribution in [1.82, 2.24) is 24.3 Å². The SMILES string of the molecule is CNc1nccc(-c2c(-c3ccc(F)cc3)nc3cc(CN(C)CCOO)ccn23)n1. The Morgan fingerprint density at radius 3 is 2.71 bits per heavy atom. The van der Waals surface area contributed by atoms with Gasteiger partial charge in [-0.1, -0.05) is 0 Å². The molecule has 31 heavy (non-hydrogen) atoms. The lowest BCUT2D eigenvalue weighted by atomic mass is 10.1. The molecule has 0 fully saturated rings. The van der Waals surface area contributed by atoms with Gasteiger partial charge in [-0.2, -0.15) is 0 Å². The van der Waals surface area contributed by atoms with Crippen molar-refractivity contribution >= 4 is 11.6 Å². The molecular weight excluding hydrogens is 399 g/mol. The molecule has 0 saturated heterocycles. The number of hydrogen-bond donors (Lipinski definition) is 2. The highest BCUT2D eigenvalue weighted by molar-refractivity contribution is 5.80. The van der Waals surface area contributed by atoms with Crippen LogP contribution in [0.3, 0.4) is 0 Å². The van der Waals surface area contributed by atoms with Crippen molar-refractivity contribution < 1.29 is 14.5 Å². The topological polar surface area (TPSA) is 87.8 Å². The molecule has 3 heterocycles. The van der Waals surface area contributed by atoms with Crippen LogP contribution in [0.4, 0.5) is 10.3 Å². The number of benzene rings is 1. The molecule has 0 aliphatic heterocycles. The number of hydrogen-bond acceptors (Lipinski definition) is 7. The van der Waals surface area contributed by atoms with E-state index >= 15 is 0 Å². The lowest BCUT2D eigenvalue weighted by Crippen LogP contribution is -2.22. The molecule has 3 aromatic heterocycles. The number of imidazole rings is 1. The first kappa shape index (κ1) is 20.9. The van der Waals surface area contributed by atoms with E-state index in [0.29, 0.717) is 30.4 Å². The van der Waals surface area contributed by atoms with Crippen LogP contribution in [0.5, 0.6) is 0 Å². The molecular formula is C22H23FN6O2. The van der Waals surface area contributed by atoms with Gasteiger partial charge in [-0.3, -0.25) is 14.6 Å². The Balaban J connectivity index is 1.82. The van der Waals surface area contributed by atoms with Gasteiger partial charge < -0.3 is 5.32 Å². The molecule has 0 spiro atoms. The summed E-state index contributed by atoms with van der Waals surface area (Å²) in [5, 5.41) is 11.5. The van der Waals surface area contributed by atoms with Crippen molar-refractivity contribution in [2.24, 2.45) is 0 Å². The van der Waals surface area contributed by atoms with Crippen molar-refractivity contribution in [2.45, 2.75) is 6.54 Å². The lowest BCUT2D eigenvalue weighted by Gasteiger charge is -2.15. The number of aromatic nitrogens is 4. The zero-order chi connectivity index (χ0) is 21.8. The van der Waals surface area contributed by atoms with Crippen LogP contribution >= 0.6 is 0 Å². The summed E-state index contributed by atoms with van der Waals surface area (Å²) in [6, 6.07) is 12.1. The number of halogens is 1. The monoisotopic (exact) mass is 422 g/mol. The molecule has 9 heteroatoms. The van der Waals surface area contributed by atoms with E-state index in [9.17, 15) is 4.39 Å². The van der Waals surface area contributed by atoms with Gasteiger partial charge in [0.25, 0.3) is 0 Å². The fourth-order valence-corrected chi connectivity index (χ4v) is 3.44. The predicted octanol–water partition coefficient (Wildman–Crippen LogP) is 3.56. The fraction of sp³-hybridized carbons (Fsp3) is 0.227. The Labute approximate surface area is 178 Å². The van der Waals surface area contributed by atoms with Gasteiger partial charge in [0.05, 0.1) is 23.7 Å². The summed E-state index contributed by atoms with van der Waals surface area (Å²) in [6.45, 7) is 1.50. The largest absolute Gasteiger partial charge is 0.357 e. The zero-order valence-electron chi connectivity index (χ0n) is 17.3. The lowest BCUT2D eigenvalue weighted by molar-refractivity contribution is -0.243. The second kappa shape index (κ2) is 9.17. The van der Waals surface area contributed by atoms with Gasteiger partial charge in [-0.15, -0.1) is 0 Å². The molecule has 1 aromatic carbocycles. The number of pyridine rings is 1. The normalized spacial score (nSPS) is 11.4. The zero-order valence-corrected chi connectivity index (χ0v) is 17.3. The van der Waals surface area contributed by atoms with E-state index in [1.807, 2.05) is 40.7 Å². The van der Waals surface area contributed by atoms with E-state index < -0.39 is 0 Å². The van der Waals surface area contributed by atoms with E-state index in [1.165, 1.54) is 12.1 Å². The fourth-order valence-electron chi connectivity index (χ4n) is 3.44. The number of anilines is 1. The summed E-state index contributed by atoms with van der Waals surface area (Å²) in [5.74, 6) is 0.201. The minimum absolute atomic E-state index is 0.239. The van der Waals surface area contributed by atoms with Crippen LogP contribution in [-0.2, 0) is 11.4 Å². The van der Waals surface area contributed by atoms with Gasteiger partial charge in [-0.25, -0.2) is 24.2 Å². The molecule has 0 radical (unpaired) electrons. The van der Waals surface area contributed by atoms with Crippen LogP contribution in [0.1, 0.15) is 5.56 Å². The van der Waals surface area contributed by atoms with Crippen LogP contribution < -0.4 is 5.32 Å². The Morgan fingerprint density at radius 1 is 1.16 bits per heavy atom. The average Bonchev–Trinajstić information content (AvgIpc) is 3.17. The minimum Gasteiger partial charge on any atom is -0.357 e. The van der Waals surface area contributed by atoms with Gasteiger partial charge in [-0.05, 0) is 55.1 Å². The Morgan fingerprint density at radius 2 is 1.97 bits per heavy atom. The molecule has 160 valence electrons. The van der Waals surface area contributed by atoms with Crippen LogP contribution in [-0.4, -0.2) is 56.8 Å². The standard InChI is InChI=1S/C22H23FN6O2/c1-24-22-25-9-7-18(26-22)21-20(16-3-5-17(23)6-4-16)27-19-13-15(8-10-29(19)21)14-28(2)11-12-31-30/h3-10,13,30H,11-12,14H2,1-2H3,(H,24,25,26). The highest BCUT2D eigenvalue weighted by Crippen LogP contribution is 2.32. The number of rotatable bonds is 8. The summed E-state index contributed by atoms with van der Waals surface area (Å²) in [4.78, 5) is 19.8. The summed E-state index contributed by atoms with van der Waals surface area (Å²) in [5.41, 5.74) is 4.82. The van der Waals surface area contributed by atoms with Crippen LogP contribution in [0.25, 0.3) is 28.3 Å². The first-order chi connectivity index (χ1) is 15.1. The molecule has 2 N–H and O–H groups in total. The smallest absolute Gasteiger partial charge is 0.222 e. The molecule has 4 aromatic rings. The van der Waals surface area contributed by atoms with Gasteiger partial charge in [0.2, 0.25) is 5.95 Å². The van der Waals surface area contributed by atoms with Gasteiger partial charge in [0.15, 0.2) is 0 Å². The summed E-state index contributed by atoms with van der Waals surface area (Å²) in [6.07, 6.45) is 3.64. The van der Waals surface area contributed by atoms with E-state index in [4.69, 9.17) is 10.2 Å². The molecule has 0 amide bonds. The van der Waals surface area contributed by atoms with Crippen LogP contribution in [0.2, 0.25) is 0 Å². The third kappa shape index (κ3) is 4.53. The van der Waals surface area contributed by atoms with Crippen molar-refractivity contribution in [3.8, 4) is 22.6 Å². The van der Waals surface area contributed by atoms with Crippen molar-refractivity contribution in [3.63, 3.8) is 0 Å². The maximum atomic E-state index is 13.5. The van der Waals surface area contributed by atoms with Gasteiger partial charge >= 0.3 is 0 Å². The summed E-state index contributed by atoms with van der Waals surface area (Å²) in [7, 11) is 3.71. The molecule has 0 aliphatic rings. The highest BCUT2D eigenvalue weighted by Gasteiger charge is 2.18. The molecule has 0 atom stereocenters. The van der Waals surface area contributed by atoms with Crippen molar-refractivity contribution in [2.75, 3.05) is 32.6 Å². The number of nitrogens with zero attached hydrogens (tertiary/aromatic N) is 5. The summed E-state index contributed by atoms with van der Waals surface area (Å²) < 4.78 is 15.5. The minimum atomic E-state index is -0.300. The van der Waals surface area contributed by atoms with Crippen LogP contribution in [0.15, 0.2) is 54.9 Å². The summed E-state index contributed by atoms with van der Waals surface area (Å²) >= 11 is 0. The molecule has 0 bridgehead atoms. The molecule has 4 rings (SSSR count). The first-order valence-electron chi connectivity index (χ1n) is 9.82. The molecule has 8 nitrogen and oxygen atoms in total. The predicted molar refractivity (Wildman–Crippen MR) is 116 cm³/mol. The number of nitrogens with one attached hydrogen (secondary N) is 1. The maximum absolute atomic E-state index is 13.5. The quantitative estimate of drug-likeness (QED) is 0.332. The van der Waals surface area contributed by atoms with E-state index in [0.717, 1.165) is 22.5 Å². The maximum Gasteiger partial charge on any atom is 0.222 e. The van der Waals surface area contributed by atoms with E-state index in [1.54, 1.807) is 25.4 Å². The van der Waals surface area contributed by atoms with Crippen molar-refractivity contribution in [3.05, 3.63) is 66.2 Å². The average molecular weight is 422 g/mol. The number of fused-ring (bicyclic) bond motifs is 1. The van der Waals surface area contributed by atoms with Gasteiger partial charge in [0, 0.05) is 38.1 Å². The second-order valence-electron chi connectivity index (χ2n) is 7.17. The third-order valence-electron chi connectivity index (χ3n) is 4.95. The first-order valence-corrected chi connectivity index (χ1v) is 9.82. The number of likely N-dealkylation sites (N-methyl/N-ethyl adjacent to an activating group) is 1. The molecule has 0 aliphatic carbocycles. The Bertz CT molecular complexity index is 1180. The second-order valence-corrected chi connectivity index (χ2v) is 7.17. The van der Waals surface area contributed by atoms with E-state index in [-0.39, 0.29) is 12.4 Å². The molecule has 0 saturated carbocycles. The van der Waals surface area contributed by atoms with E-state index in [2.05, 4.69) is 20.2 Å².